The minimum Gasteiger partial charge on any atom is -0.480 e. The number of carboxylic acids is 2. The molecule has 15 nitrogen and oxygen atoms in total. The predicted octanol–water partition coefficient (Wildman–Crippen LogP) is 10.3. The van der Waals surface area contributed by atoms with Crippen LogP contribution in [0.3, 0.4) is 0 Å². The number of hydrogen-bond acceptors (Lipinski definition) is 10. The highest BCUT2D eigenvalue weighted by molar-refractivity contribution is 7.57. The van der Waals surface area contributed by atoms with E-state index >= 15 is 0 Å². The van der Waals surface area contributed by atoms with E-state index in [1.807, 2.05) is 26.0 Å². The van der Waals surface area contributed by atoms with Crippen LogP contribution >= 0.6 is 65.4 Å². The van der Waals surface area contributed by atoms with Gasteiger partial charge in [-0.2, -0.15) is 13.2 Å². The summed E-state index contributed by atoms with van der Waals surface area (Å²) in [5.41, 5.74) is 7.19. The molecule has 0 saturated heterocycles. The zero-order valence-electron chi connectivity index (χ0n) is 38.5. The number of alkyl halides is 6. The number of anilines is 1. The highest BCUT2D eigenvalue weighted by atomic mass is 35.5. The van der Waals surface area contributed by atoms with E-state index in [2.05, 4.69) is 26.1 Å². The Morgan fingerprint density at radius 3 is 1.99 bits per heavy atom. The molecule has 0 bridgehead atoms. The zero-order valence-corrected chi connectivity index (χ0v) is 43.2. The van der Waals surface area contributed by atoms with Gasteiger partial charge in [0.15, 0.2) is 18.3 Å². The number of rotatable bonds is 20. The lowest BCUT2D eigenvalue weighted by molar-refractivity contribution is -0.146. The molecule has 3 unspecified atom stereocenters. The Balaban J connectivity index is 0.000000960. The summed E-state index contributed by atoms with van der Waals surface area (Å²) < 4.78 is 63.9. The third-order valence-electron chi connectivity index (χ3n) is 8.82. The van der Waals surface area contributed by atoms with Crippen molar-refractivity contribution < 1.29 is 71.0 Å². The van der Waals surface area contributed by atoms with Crippen molar-refractivity contribution in [3.05, 3.63) is 112 Å². The van der Waals surface area contributed by atoms with Gasteiger partial charge in [0, 0.05) is 33.0 Å². The fourth-order valence-corrected chi connectivity index (χ4v) is 6.99. The topological polar surface area (TPSA) is 223 Å². The molecule has 3 aromatic carbocycles. The summed E-state index contributed by atoms with van der Waals surface area (Å²) in [5.74, 6) is -3.96. The number of carboxylic acid groups (broad SMARTS) is 2. The summed E-state index contributed by atoms with van der Waals surface area (Å²) in [6.07, 6.45) is -1.86. The highest BCUT2D eigenvalue weighted by Gasteiger charge is 2.31. The molecule has 0 saturated carbocycles. The van der Waals surface area contributed by atoms with E-state index in [-0.39, 0.29) is 63.4 Å². The summed E-state index contributed by atoms with van der Waals surface area (Å²) in [7, 11) is -1.47. The van der Waals surface area contributed by atoms with Gasteiger partial charge in [-0.25, -0.2) is 9.59 Å². The Kier molecular flexibility index (Phi) is 29.8. The molecule has 0 aliphatic rings. The molecule has 4 atom stereocenters. The second kappa shape index (κ2) is 31.8. The van der Waals surface area contributed by atoms with E-state index in [0.29, 0.717) is 25.8 Å². The fraction of sp³-hybridized carbons (Fsp3) is 0.400. The molecule has 5 N–H and O–H groups in total. The number of nitrogens with two attached hydrogens (primary N) is 1. The fourth-order valence-electron chi connectivity index (χ4n) is 5.41. The number of aliphatic carboxylic acids is 2. The number of para-hydroxylation sites is 1. The first kappa shape index (κ1) is 64.6. The minimum absolute atomic E-state index is 0.0223. The molecule has 0 aliphatic heterocycles. The maximum absolute atomic E-state index is 12.7. The molecule has 2 amide bonds. The number of benzene rings is 3. The van der Waals surface area contributed by atoms with Crippen LogP contribution < -0.4 is 15.4 Å². The molecule has 0 aliphatic carbocycles. The molecule has 0 aromatic heterocycles. The van der Waals surface area contributed by atoms with E-state index < -0.39 is 54.0 Å². The molecule has 69 heavy (non-hydrogen) atoms. The van der Waals surface area contributed by atoms with Gasteiger partial charge in [-0.15, -0.1) is 24.8 Å². The molecule has 3 aromatic rings. The number of halogens is 8. The van der Waals surface area contributed by atoms with E-state index in [1.54, 1.807) is 24.2 Å². The Morgan fingerprint density at radius 1 is 0.942 bits per heavy atom. The van der Waals surface area contributed by atoms with Crippen molar-refractivity contribution in [2.45, 2.75) is 69.7 Å². The largest absolute Gasteiger partial charge is 0.480 e. The van der Waals surface area contributed by atoms with E-state index in [9.17, 15) is 41.7 Å². The van der Waals surface area contributed by atoms with Crippen molar-refractivity contribution >= 4 is 101 Å². The lowest BCUT2D eigenvalue weighted by Gasteiger charge is -2.31. The first-order valence-electron chi connectivity index (χ1n) is 20.3. The minimum atomic E-state index is -4.56. The van der Waals surface area contributed by atoms with Gasteiger partial charge in [0.1, 0.15) is 23.4 Å². The lowest BCUT2D eigenvalue weighted by atomic mass is 10.0. The van der Waals surface area contributed by atoms with Crippen molar-refractivity contribution in [3.63, 3.8) is 0 Å². The van der Waals surface area contributed by atoms with Gasteiger partial charge in [-0.1, -0.05) is 83.7 Å². The Labute approximate surface area is 424 Å². The number of amides is 2. The molecular weight excluding hydrogens is 1040 g/mol. The summed E-state index contributed by atoms with van der Waals surface area (Å²) >= 11 is 28.3. The number of ether oxygens (including phenoxy) is 3. The molecule has 0 radical (unpaired) electrons. The van der Waals surface area contributed by atoms with Crippen LogP contribution in [-0.2, 0) is 45.8 Å². The molecule has 0 fully saturated rings. The Hall–Kier alpha value is -4.36. The lowest BCUT2D eigenvalue weighted by Crippen LogP contribution is -2.43. The van der Waals surface area contributed by atoms with Gasteiger partial charge in [0.25, 0.3) is 5.91 Å². The number of nitrogens with zero attached hydrogens (tertiary/aromatic N) is 2. The van der Waals surface area contributed by atoms with Crippen LogP contribution in [0.15, 0.2) is 79.9 Å². The number of carbonyl (C=O) groups is 5. The third-order valence-corrected chi connectivity index (χ3v) is 11.1. The average Bonchev–Trinajstić information content (AvgIpc) is 3.26. The van der Waals surface area contributed by atoms with Crippen molar-refractivity contribution in [3.8, 4) is 11.5 Å². The summed E-state index contributed by atoms with van der Waals surface area (Å²) in [6.45, 7) is 16.8. The normalized spacial score (nSPS) is 12.9. The van der Waals surface area contributed by atoms with Crippen molar-refractivity contribution in [1.29, 1.82) is 0 Å². The van der Waals surface area contributed by atoms with Crippen LogP contribution in [0, 0.1) is 6.92 Å². The van der Waals surface area contributed by atoms with Gasteiger partial charge in [0.05, 0.1) is 39.5 Å². The predicted molar refractivity (Wildman–Crippen MR) is 264 cm³/mol. The number of hydrogen-bond donors (Lipinski definition) is 4. The second-order valence-corrected chi connectivity index (χ2v) is 19.3. The van der Waals surface area contributed by atoms with Gasteiger partial charge < -0.3 is 44.9 Å². The van der Waals surface area contributed by atoms with Crippen molar-refractivity contribution in [2.24, 2.45) is 5.73 Å². The Morgan fingerprint density at radius 2 is 1.54 bits per heavy atom. The summed E-state index contributed by atoms with van der Waals surface area (Å²) in [6, 6.07) is 11.3. The molecule has 0 spiro atoms. The van der Waals surface area contributed by atoms with E-state index in [1.165, 1.54) is 23.7 Å². The molecule has 384 valence electrons. The van der Waals surface area contributed by atoms with Gasteiger partial charge >= 0.3 is 24.1 Å². The van der Waals surface area contributed by atoms with Crippen LogP contribution in [0.4, 0.5) is 18.9 Å². The maximum atomic E-state index is 12.7. The SMILES string of the molecule is C=CCN(CC=C)C(=O)C(Cl)Cl.CCc1cccc(C)c1N(C(=O)CCl)C(C)COC.CP(=O)(O)CCC(N)C(=O)O.C[C@H](OC(=O)c1cc(Oc2ccc(C(F)(F)F)cc2Cl)ccc1Cl)C(=O)O. The van der Waals surface area contributed by atoms with Crippen molar-refractivity contribution in [1.82, 2.24) is 4.90 Å². The zero-order chi connectivity index (χ0) is 53.4. The van der Waals surface area contributed by atoms with Gasteiger partial charge in [0.2, 0.25) is 5.91 Å². The number of aryl methyl sites for hydroxylation is 2. The van der Waals surface area contributed by atoms with Crippen LogP contribution in [0.5, 0.6) is 11.5 Å². The average molecular weight is 1100 g/mol. The quantitative estimate of drug-likeness (QED) is 0.0358. The number of methoxy groups -OCH3 is 1. The monoisotopic (exact) mass is 1090 g/mol. The summed E-state index contributed by atoms with van der Waals surface area (Å²) in [4.78, 5) is 67.3. The van der Waals surface area contributed by atoms with Crippen LogP contribution in [0.25, 0.3) is 0 Å². The van der Waals surface area contributed by atoms with Crippen LogP contribution in [0.2, 0.25) is 10.0 Å². The standard InChI is InChI=1S/C17H11Cl2F3O5.C15H22ClNO2.C8H11Cl2NO.C5H12NO4P/c1-8(15(23)24)26-16(25)11-7-10(3-4-12(11)18)27-14-5-2-9(6-13(14)19)17(20,21)22;1-5-13-8-6-7-11(2)15(13)17(14(18)9-16)12(3)10-19-4;1-3-5-11(6-4-2)8(12)7(9)10;1-11(9,10)3-2-4(6)5(7)8/h2-8H,1H3,(H,23,24);6-8,12H,5,9-10H2,1-4H3;3-4,7H,1-2,5-6H2;4H,2-3,6H2,1H3,(H,7,8)(H,9,10)/t8-;;;/m0.../s1. The number of esters is 1. The maximum Gasteiger partial charge on any atom is 0.416 e. The first-order chi connectivity index (χ1) is 32.0. The van der Waals surface area contributed by atoms with Gasteiger partial charge in [-0.3, -0.25) is 18.9 Å². The summed E-state index contributed by atoms with van der Waals surface area (Å²) in [5, 5.41) is 16.7. The Bertz CT molecular complexity index is 2240. The van der Waals surface area contributed by atoms with Crippen molar-refractivity contribution in [2.75, 3.05) is 50.4 Å². The molecule has 3 rings (SSSR count). The molecular formula is C45H56Cl5F3N3O12P. The van der Waals surface area contributed by atoms with Crippen LogP contribution in [-0.4, -0.2) is 118 Å². The molecule has 24 heteroatoms. The third kappa shape index (κ3) is 23.9. The smallest absolute Gasteiger partial charge is 0.416 e. The van der Waals surface area contributed by atoms with E-state index in [0.717, 1.165) is 48.4 Å². The second-order valence-electron chi connectivity index (χ2n) is 14.5. The first-order valence-corrected chi connectivity index (χ1v) is 24.8. The molecule has 0 heterocycles. The van der Waals surface area contributed by atoms with E-state index in [4.69, 9.17) is 93.1 Å². The van der Waals surface area contributed by atoms with Gasteiger partial charge in [-0.05, 0) is 81.1 Å². The van der Waals surface area contributed by atoms with Crippen LogP contribution in [0.1, 0.15) is 54.2 Å². The number of carbonyl (C=O) groups excluding carboxylic acids is 3. The highest BCUT2D eigenvalue weighted by Crippen LogP contribution is 2.38.